The molecule has 0 bridgehead atoms. The maximum absolute atomic E-state index is 5.36. The number of nitrogens with zero attached hydrogens (tertiary/aromatic N) is 6. The average Bonchev–Trinajstić information content (AvgIpc) is 3.01. The van der Waals surface area contributed by atoms with Crippen molar-refractivity contribution in [2.75, 3.05) is 29.3 Å². The second-order valence-corrected chi connectivity index (χ2v) is 4.88. The fourth-order valence-electron chi connectivity index (χ4n) is 1.49. The summed E-state index contributed by atoms with van der Waals surface area (Å²) in [5.41, 5.74) is 2.41. The van der Waals surface area contributed by atoms with Crippen molar-refractivity contribution in [2.45, 2.75) is 12.8 Å². The second-order valence-electron chi connectivity index (χ2n) is 3.89. The molecular weight excluding hydrogens is 278 g/mol. The Bertz CT molecular complexity index is 515. The molecule has 0 radical (unpaired) electrons. The van der Waals surface area contributed by atoms with E-state index in [4.69, 9.17) is 5.84 Å². The Labute approximate surface area is 120 Å². The first-order valence-electron chi connectivity index (χ1n) is 6.14. The quantitative estimate of drug-likeness (QED) is 0.358. The van der Waals surface area contributed by atoms with E-state index in [1.54, 1.807) is 0 Å². The summed E-state index contributed by atoms with van der Waals surface area (Å²) >= 11 is 1.84. The van der Waals surface area contributed by atoms with Crippen molar-refractivity contribution in [3.63, 3.8) is 0 Å². The van der Waals surface area contributed by atoms with Gasteiger partial charge in [-0.2, -0.15) is 36.5 Å². The zero-order valence-corrected chi connectivity index (χ0v) is 12.0. The van der Waals surface area contributed by atoms with E-state index >= 15 is 0 Å². The molecule has 4 N–H and O–H groups in total. The Morgan fingerprint density at radius 3 is 2.80 bits per heavy atom. The molecular formula is C10H17N9S. The Balaban J connectivity index is 2.03. The molecule has 2 aromatic rings. The zero-order chi connectivity index (χ0) is 14.2. The number of rotatable bonds is 8. The number of hydrogen-bond acceptors (Lipinski definition) is 9. The van der Waals surface area contributed by atoms with Gasteiger partial charge >= 0.3 is 0 Å². The van der Waals surface area contributed by atoms with Crippen LogP contribution < -0.4 is 16.6 Å². The fraction of sp³-hybridized carbons (Fsp3) is 0.500. The normalized spacial score (nSPS) is 10.5. The van der Waals surface area contributed by atoms with E-state index in [9.17, 15) is 0 Å². The molecule has 0 spiro atoms. The van der Waals surface area contributed by atoms with Crippen molar-refractivity contribution < 1.29 is 0 Å². The molecule has 2 aromatic heterocycles. The van der Waals surface area contributed by atoms with Crippen LogP contribution in [0, 0.1) is 0 Å². The average molecular weight is 295 g/mol. The van der Waals surface area contributed by atoms with E-state index in [2.05, 4.69) is 42.0 Å². The minimum atomic E-state index is 0.275. The molecule has 0 saturated heterocycles. The van der Waals surface area contributed by atoms with E-state index in [-0.39, 0.29) is 5.95 Å². The van der Waals surface area contributed by atoms with E-state index in [0.29, 0.717) is 11.9 Å². The van der Waals surface area contributed by atoms with Crippen LogP contribution in [0.5, 0.6) is 0 Å². The van der Waals surface area contributed by atoms with Gasteiger partial charge in [0.25, 0.3) is 5.95 Å². The highest BCUT2D eigenvalue weighted by Crippen LogP contribution is 2.08. The van der Waals surface area contributed by atoms with Gasteiger partial charge in [-0.25, -0.2) is 10.8 Å². The summed E-state index contributed by atoms with van der Waals surface area (Å²) in [6.07, 6.45) is 7.23. The van der Waals surface area contributed by atoms with Crippen molar-refractivity contribution in [3.05, 3.63) is 12.7 Å². The molecule has 0 aliphatic heterocycles. The summed E-state index contributed by atoms with van der Waals surface area (Å²) in [6, 6.07) is 0. The summed E-state index contributed by atoms with van der Waals surface area (Å²) in [4.78, 5) is 16.4. The van der Waals surface area contributed by atoms with Crippen molar-refractivity contribution in [1.82, 2.24) is 29.7 Å². The third-order valence-corrected chi connectivity index (χ3v) is 3.13. The van der Waals surface area contributed by atoms with E-state index in [0.717, 1.165) is 25.1 Å². The minimum absolute atomic E-state index is 0.275. The SMILES string of the molecule is CSCCCCNc1nc(NN)nc(-n2cncn2)n1. The van der Waals surface area contributed by atoms with Crippen LogP contribution in [0.2, 0.25) is 0 Å². The van der Waals surface area contributed by atoms with E-state index < -0.39 is 0 Å². The van der Waals surface area contributed by atoms with Gasteiger partial charge in [0.15, 0.2) is 0 Å². The zero-order valence-electron chi connectivity index (χ0n) is 11.2. The van der Waals surface area contributed by atoms with Crippen molar-refractivity contribution in [3.8, 4) is 5.95 Å². The molecule has 2 rings (SSSR count). The third-order valence-electron chi connectivity index (χ3n) is 2.43. The number of nitrogens with one attached hydrogen (secondary N) is 2. The van der Waals surface area contributed by atoms with Crippen LogP contribution in [-0.4, -0.2) is 48.3 Å². The minimum Gasteiger partial charge on any atom is -0.354 e. The fourth-order valence-corrected chi connectivity index (χ4v) is 1.99. The van der Waals surface area contributed by atoms with Gasteiger partial charge in [0.05, 0.1) is 0 Å². The van der Waals surface area contributed by atoms with Crippen LogP contribution in [-0.2, 0) is 0 Å². The maximum atomic E-state index is 5.36. The highest BCUT2D eigenvalue weighted by Gasteiger charge is 2.07. The number of anilines is 2. The lowest BCUT2D eigenvalue weighted by molar-refractivity contribution is 0.786. The Morgan fingerprint density at radius 1 is 1.25 bits per heavy atom. The number of hydrazine groups is 1. The molecule has 0 aliphatic rings. The van der Waals surface area contributed by atoms with Crippen LogP contribution in [0.25, 0.3) is 5.95 Å². The first kappa shape index (κ1) is 14.5. The number of aromatic nitrogens is 6. The number of hydrogen-bond donors (Lipinski definition) is 3. The first-order valence-corrected chi connectivity index (χ1v) is 7.53. The molecule has 10 heteroatoms. The lowest BCUT2D eigenvalue weighted by Gasteiger charge is -2.07. The van der Waals surface area contributed by atoms with Gasteiger partial charge in [-0.05, 0) is 24.9 Å². The molecule has 108 valence electrons. The van der Waals surface area contributed by atoms with Crippen LogP contribution in [0.3, 0.4) is 0 Å². The lowest BCUT2D eigenvalue weighted by atomic mass is 10.3. The summed E-state index contributed by atoms with van der Waals surface area (Å²) in [5.74, 6) is 7.60. The Morgan fingerprint density at radius 2 is 2.10 bits per heavy atom. The molecule has 0 fully saturated rings. The van der Waals surface area contributed by atoms with Gasteiger partial charge in [-0.3, -0.25) is 5.43 Å². The Kier molecular flexibility index (Phi) is 5.50. The van der Waals surface area contributed by atoms with Gasteiger partial charge < -0.3 is 5.32 Å². The standard InChI is InChI=1S/C10H17N9S/c1-20-5-3-2-4-13-8-15-9(18-11)17-10(16-8)19-7-12-6-14-19/h6-7H,2-5,11H2,1H3,(H2,13,15,16,17,18). The predicted molar refractivity (Wildman–Crippen MR) is 78.7 cm³/mol. The molecule has 0 unspecified atom stereocenters. The molecule has 0 saturated carbocycles. The van der Waals surface area contributed by atoms with Crippen molar-refractivity contribution in [1.29, 1.82) is 0 Å². The largest absolute Gasteiger partial charge is 0.354 e. The predicted octanol–water partition coefficient (Wildman–Crippen LogP) is 0.293. The highest BCUT2D eigenvalue weighted by atomic mass is 32.2. The molecule has 0 aromatic carbocycles. The van der Waals surface area contributed by atoms with Gasteiger partial charge in [-0.1, -0.05) is 0 Å². The van der Waals surface area contributed by atoms with Crippen molar-refractivity contribution in [2.24, 2.45) is 5.84 Å². The smallest absolute Gasteiger partial charge is 0.258 e. The first-order chi connectivity index (χ1) is 9.83. The molecule has 9 nitrogen and oxygen atoms in total. The molecule has 2 heterocycles. The van der Waals surface area contributed by atoms with E-state index in [1.165, 1.54) is 17.3 Å². The van der Waals surface area contributed by atoms with Gasteiger partial charge in [0, 0.05) is 6.54 Å². The molecule has 0 atom stereocenters. The third kappa shape index (κ3) is 4.03. The summed E-state index contributed by atoms with van der Waals surface area (Å²) < 4.78 is 1.45. The Hall–Kier alpha value is -1.94. The topological polar surface area (TPSA) is 119 Å². The summed E-state index contributed by atoms with van der Waals surface area (Å²) in [5, 5.41) is 7.13. The second kappa shape index (κ2) is 7.60. The summed E-state index contributed by atoms with van der Waals surface area (Å²) in [7, 11) is 0. The monoisotopic (exact) mass is 295 g/mol. The maximum Gasteiger partial charge on any atom is 0.258 e. The highest BCUT2D eigenvalue weighted by molar-refractivity contribution is 7.98. The number of nitrogen functional groups attached to an aromatic ring is 1. The van der Waals surface area contributed by atoms with Crippen LogP contribution >= 0.6 is 11.8 Å². The van der Waals surface area contributed by atoms with Crippen LogP contribution in [0.1, 0.15) is 12.8 Å². The van der Waals surface area contributed by atoms with Gasteiger partial charge in [0.1, 0.15) is 12.7 Å². The van der Waals surface area contributed by atoms with Crippen molar-refractivity contribution >= 4 is 23.7 Å². The molecule has 20 heavy (non-hydrogen) atoms. The number of thioether (sulfide) groups is 1. The molecule has 0 amide bonds. The lowest BCUT2D eigenvalue weighted by Crippen LogP contribution is -2.16. The van der Waals surface area contributed by atoms with Crippen LogP contribution in [0.4, 0.5) is 11.9 Å². The molecule has 0 aliphatic carbocycles. The van der Waals surface area contributed by atoms with Crippen LogP contribution in [0.15, 0.2) is 12.7 Å². The van der Waals surface area contributed by atoms with Gasteiger partial charge in [0.2, 0.25) is 11.9 Å². The van der Waals surface area contributed by atoms with E-state index in [1.807, 2.05) is 11.8 Å². The number of unbranched alkanes of at least 4 members (excludes halogenated alkanes) is 1. The number of nitrogens with two attached hydrogens (primary N) is 1. The summed E-state index contributed by atoms with van der Waals surface area (Å²) in [6.45, 7) is 0.797. The van der Waals surface area contributed by atoms with Gasteiger partial charge in [-0.15, -0.1) is 0 Å².